The lowest BCUT2D eigenvalue weighted by Crippen LogP contribution is -2.48. The number of aromatic nitrogens is 5. The van der Waals surface area contributed by atoms with Crippen molar-refractivity contribution >= 4 is 17.6 Å². The maximum absolute atomic E-state index is 13.6. The van der Waals surface area contributed by atoms with Crippen molar-refractivity contribution in [2.24, 2.45) is 11.8 Å². The molecule has 15 heteroatoms. The summed E-state index contributed by atoms with van der Waals surface area (Å²) in [5.74, 6) is 0.0919. The Labute approximate surface area is 194 Å². The molecule has 4 heterocycles. The molecule has 3 aromatic rings. The van der Waals surface area contributed by atoms with Crippen molar-refractivity contribution in [3.63, 3.8) is 0 Å². The summed E-state index contributed by atoms with van der Waals surface area (Å²) in [6.07, 6.45) is -10.0. The van der Waals surface area contributed by atoms with Crippen molar-refractivity contribution in [1.29, 1.82) is 0 Å². The Morgan fingerprint density at radius 1 is 1.09 bits per heavy atom. The first-order valence-corrected chi connectivity index (χ1v) is 10.9. The standard InChI is InChI=1S/C20H21F6N7O2/c1-9(19(21,22)23)34-13-5-6-14(20(24,25)26)33-16(13)28-17(31-33)27-15-11-3-4-12(15)8-32(7-11)18-30-29-10(2)35-18/h5-6,9,11-12,15H,3-4,7-8H2,1-2H3,(H,27,31)/t9-,11-,12+,15-/m0/s1. The maximum Gasteiger partial charge on any atom is 0.433 e. The van der Waals surface area contributed by atoms with E-state index in [-0.39, 0.29) is 23.8 Å². The number of nitrogens with one attached hydrogen (secondary N) is 1. The molecule has 0 aromatic carbocycles. The fourth-order valence-corrected chi connectivity index (χ4v) is 4.74. The molecule has 0 unspecified atom stereocenters. The van der Waals surface area contributed by atoms with Gasteiger partial charge in [0.15, 0.2) is 17.5 Å². The number of alkyl halides is 6. The fraction of sp³-hybridized carbons (Fsp3) is 0.600. The monoisotopic (exact) mass is 505 g/mol. The third-order valence-electron chi connectivity index (χ3n) is 6.42. The van der Waals surface area contributed by atoms with Crippen LogP contribution in [0.1, 0.15) is 31.4 Å². The summed E-state index contributed by atoms with van der Waals surface area (Å²) in [5.41, 5.74) is -1.63. The molecule has 1 N–H and O–H groups in total. The van der Waals surface area contributed by atoms with Crippen LogP contribution in [0.2, 0.25) is 0 Å². The zero-order valence-corrected chi connectivity index (χ0v) is 18.6. The molecule has 9 nitrogen and oxygen atoms in total. The summed E-state index contributed by atoms with van der Waals surface area (Å²) in [5, 5.41) is 14.9. The molecule has 2 bridgehead atoms. The van der Waals surface area contributed by atoms with Crippen LogP contribution < -0.4 is 15.0 Å². The minimum absolute atomic E-state index is 0.107. The van der Waals surface area contributed by atoms with Gasteiger partial charge in [-0.15, -0.1) is 10.2 Å². The highest BCUT2D eigenvalue weighted by Crippen LogP contribution is 2.40. The van der Waals surface area contributed by atoms with Crippen LogP contribution in [0, 0.1) is 18.8 Å². The normalized spacial score (nSPS) is 23.7. The van der Waals surface area contributed by atoms with Crippen molar-refractivity contribution < 1.29 is 35.5 Å². The van der Waals surface area contributed by atoms with E-state index < -0.39 is 35.5 Å². The van der Waals surface area contributed by atoms with E-state index in [2.05, 4.69) is 25.6 Å². The molecule has 0 amide bonds. The lowest BCUT2D eigenvalue weighted by molar-refractivity contribution is -0.189. The highest BCUT2D eigenvalue weighted by molar-refractivity contribution is 5.57. The van der Waals surface area contributed by atoms with Crippen LogP contribution in [0.25, 0.3) is 5.65 Å². The van der Waals surface area contributed by atoms with Crippen molar-refractivity contribution in [3.8, 4) is 5.75 Å². The van der Waals surface area contributed by atoms with Crippen LogP contribution in [-0.2, 0) is 6.18 Å². The average Bonchev–Trinajstić information content (AvgIpc) is 3.43. The van der Waals surface area contributed by atoms with E-state index in [1.165, 1.54) is 0 Å². The Morgan fingerprint density at radius 2 is 1.77 bits per heavy atom. The minimum atomic E-state index is -4.80. The molecule has 2 aliphatic rings. The number of halogens is 6. The first-order chi connectivity index (χ1) is 16.4. The number of nitrogens with zero attached hydrogens (tertiary/aromatic N) is 6. The molecule has 1 saturated carbocycles. The Bertz CT molecular complexity index is 1210. The highest BCUT2D eigenvalue weighted by Gasteiger charge is 2.44. The zero-order valence-electron chi connectivity index (χ0n) is 18.6. The van der Waals surface area contributed by atoms with Gasteiger partial charge >= 0.3 is 18.4 Å². The molecular formula is C20H21F6N7O2. The van der Waals surface area contributed by atoms with Crippen LogP contribution in [0.3, 0.4) is 0 Å². The van der Waals surface area contributed by atoms with Gasteiger partial charge in [-0.2, -0.15) is 31.3 Å². The number of anilines is 2. The van der Waals surface area contributed by atoms with E-state index in [1.54, 1.807) is 6.92 Å². The molecule has 0 radical (unpaired) electrons. The second kappa shape index (κ2) is 8.16. The third kappa shape index (κ3) is 4.43. The second-order valence-corrected chi connectivity index (χ2v) is 8.83. The lowest BCUT2D eigenvalue weighted by atomic mass is 9.92. The van der Waals surface area contributed by atoms with Gasteiger partial charge < -0.3 is 19.4 Å². The van der Waals surface area contributed by atoms with E-state index in [0.717, 1.165) is 25.8 Å². The molecule has 1 saturated heterocycles. The molecule has 1 aliphatic carbocycles. The van der Waals surface area contributed by atoms with Crippen LogP contribution in [0.4, 0.5) is 38.3 Å². The molecule has 5 rings (SSSR count). The van der Waals surface area contributed by atoms with E-state index in [9.17, 15) is 26.3 Å². The van der Waals surface area contributed by atoms with E-state index >= 15 is 0 Å². The number of piperidine rings is 1. The van der Waals surface area contributed by atoms with E-state index in [4.69, 9.17) is 9.15 Å². The van der Waals surface area contributed by atoms with Crippen molar-refractivity contribution in [3.05, 3.63) is 23.7 Å². The lowest BCUT2D eigenvalue weighted by Gasteiger charge is -2.37. The van der Waals surface area contributed by atoms with Gasteiger partial charge in [-0.25, -0.2) is 4.52 Å². The van der Waals surface area contributed by atoms with Crippen molar-refractivity contribution in [1.82, 2.24) is 24.8 Å². The van der Waals surface area contributed by atoms with Crippen LogP contribution in [0.15, 0.2) is 16.5 Å². The van der Waals surface area contributed by atoms with Crippen LogP contribution >= 0.6 is 0 Å². The summed E-state index contributed by atoms with van der Waals surface area (Å²) >= 11 is 0. The smallest absolute Gasteiger partial charge is 0.433 e. The third-order valence-corrected chi connectivity index (χ3v) is 6.42. The topological polar surface area (TPSA) is 93.6 Å². The SMILES string of the molecule is Cc1nnc(N2C[C@H]3CC[C@@H](C2)[C@@H]3Nc2nc3c(O[C@@H](C)C(F)(F)F)ccc(C(F)(F)F)n3n2)o1. The number of ether oxygens (including phenoxy) is 1. The molecule has 35 heavy (non-hydrogen) atoms. The molecule has 1 aliphatic heterocycles. The number of hydrogen-bond acceptors (Lipinski definition) is 8. The fourth-order valence-electron chi connectivity index (χ4n) is 4.74. The van der Waals surface area contributed by atoms with Gasteiger partial charge in [-0.05, 0) is 43.7 Å². The molecule has 3 aromatic heterocycles. The number of pyridine rings is 1. The molecular weight excluding hydrogens is 484 g/mol. The first kappa shape index (κ1) is 23.5. The van der Waals surface area contributed by atoms with Crippen molar-refractivity contribution in [2.75, 3.05) is 23.3 Å². The van der Waals surface area contributed by atoms with Gasteiger partial charge in [-0.3, -0.25) is 0 Å². The molecule has 4 atom stereocenters. The molecule has 0 spiro atoms. The Kier molecular flexibility index (Phi) is 5.47. The van der Waals surface area contributed by atoms with Gasteiger partial charge in [-0.1, -0.05) is 5.10 Å². The highest BCUT2D eigenvalue weighted by atomic mass is 19.4. The molecule has 190 valence electrons. The number of hydrogen-bond donors (Lipinski definition) is 1. The summed E-state index contributed by atoms with van der Waals surface area (Å²) in [6.45, 7) is 3.64. The maximum atomic E-state index is 13.6. The van der Waals surface area contributed by atoms with Crippen LogP contribution in [0.5, 0.6) is 5.75 Å². The van der Waals surface area contributed by atoms with Crippen LogP contribution in [-0.4, -0.2) is 56.2 Å². The Balaban J connectivity index is 1.42. The summed E-state index contributed by atoms with van der Waals surface area (Å²) in [4.78, 5) is 6.06. The van der Waals surface area contributed by atoms with Gasteiger partial charge in [0.25, 0.3) is 0 Å². The van der Waals surface area contributed by atoms with Gasteiger partial charge in [0.1, 0.15) is 5.69 Å². The largest absolute Gasteiger partial charge is 0.477 e. The van der Waals surface area contributed by atoms with Gasteiger partial charge in [0, 0.05) is 26.1 Å². The summed E-state index contributed by atoms with van der Waals surface area (Å²) in [6, 6.07) is 1.73. The van der Waals surface area contributed by atoms with Crippen molar-refractivity contribution in [2.45, 2.75) is 51.2 Å². The number of aryl methyl sites for hydroxylation is 1. The average molecular weight is 505 g/mol. The number of fused-ring (bicyclic) bond motifs is 3. The van der Waals surface area contributed by atoms with E-state index in [1.807, 2.05) is 4.90 Å². The zero-order chi connectivity index (χ0) is 25.1. The predicted molar refractivity (Wildman–Crippen MR) is 109 cm³/mol. The summed E-state index contributed by atoms with van der Waals surface area (Å²) in [7, 11) is 0. The minimum Gasteiger partial charge on any atom is -0.477 e. The quantitative estimate of drug-likeness (QED) is 0.519. The van der Waals surface area contributed by atoms with E-state index in [0.29, 0.717) is 35.6 Å². The Morgan fingerprint density at radius 3 is 2.34 bits per heavy atom. The van der Waals surface area contributed by atoms with Gasteiger partial charge in [0.2, 0.25) is 11.8 Å². The Hall–Kier alpha value is -3.26. The first-order valence-electron chi connectivity index (χ1n) is 10.9. The summed E-state index contributed by atoms with van der Waals surface area (Å²) < 4.78 is 90.5. The predicted octanol–water partition coefficient (Wildman–Crippen LogP) is 4.10. The van der Waals surface area contributed by atoms with Gasteiger partial charge in [0.05, 0.1) is 0 Å². The molecule has 2 fully saturated rings. The second-order valence-electron chi connectivity index (χ2n) is 8.83. The number of rotatable bonds is 5.